The Labute approximate surface area is 207 Å². The van der Waals surface area contributed by atoms with Crippen LogP contribution >= 0.6 is 0 Å². The fraction of sp³-hybridized carbons (Fsp3) is 0.346. The van der Waals surface area contributed by atoms with Gasteiger partial charge in [-0.25, -0.2) is 14.4 Å². The molecule has 0 spiro atoms. The molecule has 1 aliphatic carbocycles. The lowest BCUT2D eigenvalue weighted by Crippen LogP contribution is -2.63. The van der Waals surface area contributed by atoms with Crippen LogP contribution in [0.3, 0.4) is 0 Å². The first kappa shape index (κ1) is 22.2. The Bertz CT molecular complexity index is 1490. The van der Waals surface area contributed by atoms with E-state index in [1.54, 1.807) is 12.3 Å². The molecule has 1 amide bonds. The number of nitriles is 1. The van der Waals surface area contributed by atoms with Gasteiger partial charge in [0.1, 0.15) is 23.3 Å². The summed E-state index contributed by atoms with van der Waals surface area (Å²) in [6.45, 7) is 2.95. The fourth-order valence-corrected chi connectivity index (χ4v) is 5.02. The van der Waals surface area contributed by atoms with Crippen LogP contribution in [0.1, 0.15) is 36.5 Å². The smallest absolute Gasteiger partial charge is 0.254 e. The van der Waals surface area contributed by atoms with Crippen LogP contribution in [0.25, 0.3) is 22.3 Å². The molecule has 1 saturated carbocycles. The van der Waals surface area contributed by atoms with E-state index in [-0.39, 0.29) is 23.9 Å². The van der Waals surface area contributed by atoms with Crippen molar-refractivity contribution in [3.63, 3.8) is 0 Å². The van der Waals surface area contributed by atoms with Gasteiger partial charge in [-0.1, -0.05) is 0 Å². The summed E-state index contributed by atoms with van der Waals surface area (Å²) in [6.07, 6.45) is 9.44. The van der Waals surface area contributed by atoms with E-state index in [4.69, 9.17) is 0 Å². The second-order valence-electron chi connectivity index (χ2n) is 9.81. The highest BCUT2D eigenvalue weighted by molar-refractivity contribution is 5.95. The molecular formula is C26H25FN8O. The molecule has 1 aliphatic heterocycles. The first-order chi connectivity index (χ1) is 17.5. The number of benzene rings is 1. The van der Waals surface area contributed by atoms with Gasteiger partial charge in [0.2, 0.25) is 0 Å². The molecule has 2 N–H and O–H groups in total. The molecule has 6 rings (SSSR count). The summed E-state index contributed by atoms with van der Waals surface area (Å²) in [7, 11) is 0. The van der Waals surface area contributed by atoms with Crippen molar-refractivity contribution in [2.24, 2.45) is 5.92 Å². The van der Waals surface area contributed by atoms with Gasteiger partial charge in [-0.15, -0.1) is 0 Å². The molecule has 1 unspecified atom stereocenters. The van der Waals surface area contributed by atoms with Crippen molar-refractivity contribution in [1.29, 1.82) is 5.26 Å². The zero-order valence-electron chi connectivity index (χ0n) is 19.8. The van der Waals surface area contributed by atoms with Crippen LogP contribution in [0, 0.1) is 23.1 Å². The van der Waals surface area contributed by atoms with E-state index in [0.29, 0.717) is 24.7 Å². The fourth-order valence-electron chi connectivity index (χ4n) is 5.02. The molecule has 3 aromatic heterocycles. The second kappa shape index (κ2) is 8.45. The van der Waals surface area contributed by atoms with Crippen molar-refractivity contribution in [1.82, 2.24) is 30.0 Å². The second-order valence-corrected chi connectivity index (χ2v) is 9.81. The molecule has 2 aliphatic rings. The molecule has 1 atom stereocenters. The molecular weight excluding hydrogens is 459 g/mol. The first-order valence-corrected chi connectivity index (χ1v) is 12.0. The number of anilines is 1. The highest BCUT2D eigenvalue weighted by Crippen LogP contribution is 2.38. The molecule has 2 fully saturated rings. The van der Waals surface area contributed by atoms with Crippen LogP contribution in [0.4, 0.5) is 10.1 Å². The normalized spacial score (nSPS) is 17.4. The van der Waals surface area contributed by atoms with Crippen LogP contribution in [-0.4, -0.2) is 49.8 Å². The number of aromatic amines is 1. The van der Waals surface area contributed by atoms with Crippen molar-refractivity contribution in [3.8, 4) is 17.3 Å². The number of hydrogen-bond donors (Lipinski definition) is 2. The van der Waals surface area contributed by atoms with Crippen LogP contribution in [0.2, 0.25) is 0 Å². The van der Waals surface area contributed by atoms with E-state index >= 15 is 0 Å². The van der Waals surface area contributed by atoms with Gasteiger partial charge >= 0.3 is 0 Å². The Morgan fingerprint density at radius 3 is 2.92 bits per heavy atom. The number of amides is 1. The number of H-pyrrole nitrogens is 1. The number of aromatic nitrogens is 5. The minimum atomic E-state index is -0.550. The van der Waals surface area contributed by atoms with Crippen LogP contribution < -0.4 is 10.2 Å². The number of fused-ring (bicyclic) bond motifs is 1. The Morgan fingerprint density at radius 1 is 1.33 bits per heavy atom. The molecule has 4 heterocycles. The van der Waals surface area contributed by atoms with Gasteiger partial charge < -0.3 is 15.2 Å². The van der Waals surface area contributed by atoms with E-state index < -0.39 is 11.4 Å². The predicted molar refractivity (Wildman–Crippen MR) is 132 cm³/mol. The average Bonchev–Trinajstić information content (AvgIpc) is 3.38. The number of halogens is 1. The molecule has 4 aromatic rings. The molecule has 9 nitrogen and oxygen atoms in total. The third-order valence-corrected chi connectivity index (χ3v) is 7.32. The monoisotopic (exact) mass is 484 g/mol. The van der Waals surface area contributed by atoms with E-state index in [1.165, 1.54) is 18.5 Å². The predicted octanol–water partition coefficient (Wildman–Crippen LogP) is 3.62. The van der Waals surface area contributed by atoms with Crippen molar-refractivity contribution < 1.29 is 9.18 Å². The number of nitrogens with one attached hydrogen (secondary N) is 2. The highest BCUT2D eigenvalue weighted by Gasteiger charge is 2.46. The molecule has 1 aromatic carbocycles. The van der Waals surface area contributed by atoms with Gasteiger partial charge in [-0.3, -0.25) is 9.48 Å². The minimum Gasteiger partial charge on any atom is -0.366 e. The lowest BCUT2D eigenvalue weighted by Gasteiger charge is -2.50. The maximum atomic E-state index is 14.9. The zero-order valence-corrected chi connectivity index (χ0v) is 19.8. The van der Waals surface area contributed by atoms with Crippen LogP contribution in [0.5, 0.6) is 0 Å². The molecule has 0 radical (unpaired) electrons. The third kappa shape index (κ3) is 3.77. The highest BCUT2D eigenvalue weighted by atomic mass is 19.1. The van der Waals surface area contributed by atoms with E-state index in [1.807, 2.05) is 35.0 Å². The molecule has 10 heteroatoms. The maximum Gasteiger partial charge on any atom is 0.254 e. The molecule has 36 heavy (non-hydrogen) atoms. The van der Waals surface area contributed by atoms with Gasteiger partial charge in [-0.05, 0) is 49.9 Å². The summed E-state index contributed by atoms with van der Waals surface area (Å²) in [4.78, 5) is 26.2. The van der Waals surface area contributed by atoms with Crippen molar-refractivity contribution in [3.05, 3.63) is 60.6 Å². The SMILES string of the molecule is CC(NC(=O)c1ccc(N2CC(CC#N)(n3cc(-c4ncnc5[nH]ccc45)cn3)C2)cc1F)C1CC1. The van der Waals surface area contributed by atoms with E-state index in [2.05, 4.69) is 31.4 Å². The third-order valence-electron chi connectivity index (χ3n) is 7.32. The number of carbonyl (C=O) groups is 1. The number of carbonyl (C=O) groups excluding carboxylic acids is 1. The van der Waals surface area contributed by atoms with Gasteiger partial charge in [0.15, 0.2) is 0 Å². The molecule has 1 saturated heterocycles. The van der Waals surface area contributed by atoms with Crippen molar-refractivity contribution in [2.75, 3.05) is 18.0 Å². The number of rotatable bonds is 7. The van der Waals surface area contributed by atoms with E-state index in [0.717, 1.165) is 35.1 Å². The average molecular weight is 485 g/mol. The summed E-state index contributed by atoms with van der Waals surface area (Å²) >= 11 is 0. The zero-order chi connectivity index (χ0) is 24.9. The Kier molecular flexibility index (Phi) is 5.21. The lowest BCUT2D eigenvalue weighted by molar-refractivity contribution is 0.0931. The molecule has 0 bridgehead atoms. The quantitative estimate of drug-likeness (QED) is 0.414. The topological polar surface area (TPSA) is 116 Å². The van der Waals surface area contributed by atoms with Gasteiger partial charge in [0.05, 0.1) is 29.9 Å². The maximum absolute atomic E-state index is 14.9. The minimum absolute atomic E-state index is 0.0488. The Balaban J connectivity index is 1.20. The van der Waals surface area contributed by atoms with Crippen molar-refractivity contribution in [2.45, 2.75) is 37.8 Å². The van der Waals surface area contributed by atoms with Gasteiger partial charge in [0, 0.05) is 48.2 Å². The summed E-state index contributed by atoms with van der Waals surface area (Å²) in [6, 6.07) is 8.93. The summed E-state index contributed by atoms with van der Waals surface area (Å²) in [5.41, 5.74) is 2.53. The summed E-state index contributed by atoms with van der Waals surface area (Å²) in [5, 5.41) is 17.9. The number of nitrogens with zero attached hydrogens (tertiary/aromatic N) is 6. The summed E-state index contributed by atoms with van der Waals surface area (Å²) in [5.74, 6) is -0.436. The lowest BCUT2D eigenvalue weighted by atomic mass is 9.86. The largest absolute Gasteiger partial charge is 0.366 e. The van der Waals surface area contributed by atoms with Gasteiger partial charge in [0.25, 0.3) is 5.91 Å². The molecule has 182 valence electrons. The van der Waals surface area contributed by atoms with Crippen LogP contribution in [0.15, 0.2) is 49.2 Å². The van der Waals surface area contributed by atoms with Crippen LogP contribution in [-0.2, 0) is 5.54 Å². The Hall–Kier alpha value is -4.26. The van der Waals surface area contributed by atoms with Crippen molar-refractivity contribution >= 4 is 22.6 Å². The standard InChI is InChI=1S/C26H25FN8O/c1-16(17-2-3-17)33-25(36)20-5-4-19(10-22(20)27)34-13-26(14-34,7-8-28)35-12-18(11-32-35)23-21-6-9-29-24(21)31-15-30-23/h4-6,9-12,15-17H,2-3,7,13-14H2,1H3,(H,33,36)(H,29,30,31). The first-order valence-electron chi connectivity index (χ1n) is 12.0. The Morgan fingerprint density at radius 2 is 2.17 bits per heavy atom. The summed E-state index contributed by atoms with van der Waals surface area (Å²) < 4.78 is 16.7. The number of hydrogen-bond acceptors (Lipinski definition) is 6. The van der Waals surface area contributed by atoms with Gasteiger partial charge in [-0.2, -0.15) is 10.4 Å². The van der Waals surface area contributed by atoms with E-state index in [9.17, 15) is 14.4 Å².